The van der Waals surface area contributed by atoms with Gasteiger partial charge in [-0.15, -0.1) is 0 Å². The smallest absolute Gasteiger partial charge is 0.273 e. The Morgan fingerprint density at radius 2 is 2.45 bits per heavy atom. The molecule has 2 N–H and O–H groups in total. The Morgan fingerprint density at radius 3 is 3.18 bits per heavy atom. The number of hydrogen-bond acceptors (Lipinski definition) is 6. The molecule has 2 aromatic heterocycles. The van der Waals surface area contributed by atoms with Gasteiger partial charge in [-0.1, -0.05) is 5.16 Å². The topological polar surface area (TPSA) is 94.2 Å². The van der Waals surface area contributed by atoms with Crippen LogP contribution in [0.1, 0.15) is 21.8 Å². The lowest BCUT2D eigenvalue weighted by molar-refractivity contribution is 0.0773. The Labute approximate surface area is 127 Å². The Kier molecular flexibility index (Phi) is 4.21. The summed E-state index contributed by atoms with van der Waals surface area (Å²) in [6, 6.07) is 1.57. The lowest BCUT2D eigenvalue weighted by atomic mass is 10.2. The molecule has 3 rings (SSSR count). The molecule has 2 aromatic rings. The number of aromatic nitrogens is 3. The summed E-state index contributed by atoms with van der Waals surface area (Å²) in [5.74, 6) is 0.323. The first kappa shape index (κ1) is 14.7. The first-order valence-corrected chi connectivity index (χ1v) is 7.14. The van der Waals surface area contributed by atoms with Crippen LogP contribution in [0.4, 0.5) is 0 Å². The SMILES string of the molecule is CO[C@H]1CNCC1NC(=O)c1cc(Cn2cc(C)cn2)on1. The summed E-state index contributed by atoms with van der Waals surface area (Å²) in [7, 11) is 1.64. The number of amides is 1. The lowest BCUT2D eigenvalue weighted by Gasteiger charge is -2.17. The number of methoxy groups -OCH3 is 1. The number of aryl methyl sites for hydroxylation is 1. The van der Waals surface area contributed by atoms with Gasteiger partial charge in [-0.3, -0.25) is 9.48 Å². The normalized spacial score (nSPS) is 21.2. The Hall–Kier alpha value is -2.19. The first-order chi connectivity index (χ1) is 10.7. The summed E-state index contributed by atoms with van der Waals surface area (Å²) < 4.78 is 12.2. The molecule has 0 aromatic carbocycles. The molecule has 1 fully saturated rings. The molecule has 1 aliphatic heterocycles. The summed E-state index contributed by atoms with van der Waals surface area (Å²) >= 11 is 0. The van der Waals surface area contributed by atoms with Gasteiger partial charge in [-0.05, 0) is 12.5 Å². The number of carbonyl (C=O) groups is 1. The van der Waals surface area contributed by atoms with Gasteiger partial charge in [0.15, 0.2) is 11.5 Å². The van der Waals surface area contributed by atoms with Crippen LogP contribution in [-0.2, 0) is 11.3 Å². The fourth-order valence-corrected chi connectivity index (χ4v) is 2.50. The maximum atomic E-state index is 12.2. The van der Waals surface area contributed by atoms with Gasteiger partial charge < -0.3 is 19.9 Å². The summed E-state index contributed by atoms with van der Waals surface area (Å²) in [4.78, 5) is 12.2. The number of nitrogens with zero attached hydrogens (tertiary/aromatic N) is 3. The minimum absolute atomic E-state index is 0.0256. The highest BCUT2D eigenvalue weighted by atomic mass is 16.5. The van der Waals surface area contributed by atoms with Crippen molar-refractivity contribution in [3.63, 3.8) is 0 Å². The molecule has 0 spiro atoms. The standard InChI is InChI=1S/C14H19N5O3/c1-9-4-16-19(7-9)8-10-3-11(18-22-10)14(20)17-12-5-15-6-13(12)21-2/h3-4,7,12-13,15H,5-6,8H2,1-2H3,(H,17,20)/t12?,13-/m0/s1. The van der Waals surface area contributed by atoms with Gasteiger partial charge in [0.25, 0.3) is 5.91 Å². The van der Waals surface area contributed by atoms with Crippen molar-refractivity contribution in [2.24, 2.45) is 0 Å². The van der Waals surface area contributed by atoms with Crippen LogP contribution >= 0.6 is 0 Å². The molecular weight excluding hydrogens is 286 g/mol. The molecule has 118 valence electrons. The number of rotatable bonds is 5. The monoisotopic (exact) mass is 305 g/mol. The zero-order valence-corrected chi connectivity index (χ0v) is 12.6. The molecule has 2 atom stereocenters. The van der Waals surface area contributed by atoms with Crippen LogP contribution in [0.2, 0.25) is 0 Å². The quantitative estimate of drug-likeness (QED) is 0.804. The van der Waals surface area contributed by atoms with E-state index in [-0.39, 0.29) is 23.7 Å². The first-order valence-electron chi connectivity index (χ1n) is 7.14. The van der Waals surface area contributed by atoms with Gasteiger partial charge >= 0.3 is 0 Å². The molecule has 1 aliphatic rings. The van der Waals surface area contributed by atoms with E-state index in [2.05, 4.69) is 20.9 Å². The van der Waals surface area contributed by atoms with E-state index in [9.17, 15) is 4.79 Å². The molecule has 3 heterocycles. The average Bonchev–Trinajstić information content (AvgIpc) is 3.21. The fourth-order valence-electron chi connectivity index (χ4n) is 2.50. The van der Waals surface area contributed by atoms with Crippen molar-refractivity contribution in [3.05, 3.63) is 35.5 Å². The summed E-state index contributed by atoms with van der Waals surface area (Å²) in [5.41, 5.74) is 1.33. The second-order valence-electron chi connectivity index (χ2n) is 5.41. The molecule has 1 saturated heterocycles. The van der Waals surface area contributed by atoms with E-state index in [1.54, 1.807) is 24.1 Å². The van der Waals surface area contributed by atoms with Gasteiger partial charge in [-0.2, -0.15) is 5.10 Å². The lowest BCUT2D eigenvalue weighted by Crippen LogP contribution is -2.43. The van der Waals surface area contributed by atoms with Crippen LogP contribution in [0.3, 0.4) is 0 Å². The largest absolute Gasteiger partial charge is 0.378 e. The van der Waals surface area contributed by atoms with E-state index in [1.807, 2.05) is 13.1 Å². The predicted octanol–water partition coefficient (Wildman–Crippen LogP) is -0.0556. The zero-order chi connectivity index (χ0) is 15.5. The molecule has 0 aliphatic carbocycles. The van der Waals surface area contributed by atoms with E-state index in [0.717, 1.165) is 12.1 Å². The van der Waals surface area contributed by atoms with Gasteiger partial charge in [0.1, 0.15) is 6.54 Å². The number of carbonyl (C=O) groups excluding carboxylic acids is 1. The van der Waals surface area contributed by atoms with Crippen molar-refractivity contribution in [3.8, 4) is 0 Å². The van der Waals surface area contributed by atoms with Gasteiger partial charge in [0, 0.05) is 32.5 Å². The molecule has 8 nitrogen and oxygen atoms in total. The van der Waals surface area contributed by atoms with Gasteiger partial charge in [0.05, 0.1) is 18.3 Å². The van der Waals surface area contributed by atoms with Crippen molar-refractivity contribution < 1.29 is 14.1 Å². The van der Waals surface area contributed by atoms with Crippen LogP contribution in [0.15, 0.2) is 23.0 Å². The van der Waals surface area contributed by atoms with Crippen LogP contribution in [-0.4, -0.2) is 53.2 Å². The summed E-state index contributed by atoms with van der Waals surface area (Å²) in [6.07, 6.45) is 3.64. The minimum atomic E-state index is -0.262. The van der Waals surface area contributed by atoms with Crippen LogP contribution in [0.5, 0.6) is 0 Å². The predicted molar refractivity (Wildman–Crippen MR) is 77.5 cm³/mol. The fraction of sp³-hybridized carbons (Fsp3) is 0.500. The van der Waals surface area contributed by atoms with Crippen molar-refractivity contribution >= 4 is 5.91 Å². The highest BCUT2D eigenvalue weighted by Crippen LogP contribution is 2.09. The molecule has 8 heteroatoms. The van der Waals surface area contributed by atoms with Crippen LogP contribution in [0, 0.1) is 6.92 Å². The number of ether oxygens (including phenoxy) is 1. The van der Waals surface area contributed by atoms with E-state index in [4.69, 9.17) is 9.26 Å². The van der Waals surface area contributed by atoms with Crippen molar-refractivity contribution in [2.45, 2.75) is 25.6 Å². The van der Waals surface area contributed by atoms with Crippen molar-refractivity contribution in [2.75, 3.05) is 20.2 Å². The Morgan fingerprint density at radius 1 is 1.59 bits per heavy atom. The number of nitrogens with one attached hydrogen (secondary N) is 2. The van der Waals surface area contributed by atoms with E-state index in [1.165, 1.54) is 0 Å². The maximum absolute atomic E-state index is 12.2. The third-order valence-corrected chi connectivity index (χ3v) is 3.65. The molecule has 1 unspecified atom stereocenters. The van der Waals surface area contributed by atoms with Crippen molar-refractivity contribution in [1.82, 2.24) is 25.6 Å². The van der Waals surface area contributed by atoms with Crippen molar-refractivity contribution in [1.29, 1.82) is 0 Å². The Bertz CT molecular complexity index is 650. The summed E-state index contributed by atoms with van der Waals surface area (Å²) in [5, 5.41) is 14.1. The molecular formula is C14H19N5O3. The number of hydrogen-bond donors (Lipinski definition) is 2. The molecule has 0 saturated carbocycles. The molecule has 0 radical (unpaired) electrons. The van der Waals surface area contributed by atoms with Gasteiger partial charge in [0.2, 0.25) is 0 Å². The van der Waals surface area contributed by atoms with E-state index in [0.29, 0.717) is 18.8 Å². The Balaban J connectivity index is 1.61. The van der Waals surface area contributed by atoms with E-state index >= 15 is 0 Å². The zero-order valence-electron chi connectivity index (χ0n) is 12.6. The highest BCUT2D eigenvalue weighted by Gasteiger charge is 2.29. The molecule has 0 bridgehead atoms. The second-order valence-corrected chi connectivity index (χ2v) is 5.41. The third-order valence-electron chi connectivity index (χ3n) is 3.65. The second kappa shape index (κ2) is 6.29. The molecule has 22 heavy (non-hydrogen) atoms. The minimum Gasteiger partial charge on any atom is -0.378 e. The van der Waals surface area contributed by atoms with Gasteiger partial charge in [-0.25, -0.2) is 0 Å². The maximum Gasteiger partial charge on any atom is 0.273 e. The van der Waals surface area contributed by atoms with Crippen LogP contribution < -0.4 is 10.6 Å². The van der Waals surface area contributed by atoms with E-state index < -0.39 is 0 Å². The summed E-state index contributed by atoms with van der Waals surface area (Å²) in [6.45, 7) is 3.82. The average molecular weight is 305 g/mol. The highest BCUT2D eigenvalue weighted by molar-refractivity contribution is 5.92. The van der Waals surface area contributed by atoms with Crippen LogP contribution in [0.25, 0.3) is 0 Å². The third kappa shape index (κ3) is 3.18. The molecule has 1 amide bonds.